The molecular formula is C24H27N5O. The first-order valence-electron chi connectivity index (χ1n) is 9.79. The smallest absolute Gasteiger partial charge is 0.168 e. The van der Waals surface area contributed by atoms with Gasteiger partial charge in [0.05, 0.1) is 0 Å². The summed E-state index contributed by atoms with van der Waals surface area (Å²) in [7, 11) is 3.95. The molecule has 4 N–H and O–H groups in total. The Balaban J connectivity index is 2.21. The van der Waals surface area contributed by atoms with Gasteiger partial charge in [-0.1, -0.05) is 32.0 Å². The molecule has 0 radical (unpaired) electrons. The van der Waals surface area contributed by atoms with E-state index in [9.17, 15) is 4.79 Å². The van der Waals surface area contributed by atoms with E-state index in [1.54, 1.807) is 6.07 Å². The molecule has 0 fully saturated rings. The van der Waals surface area contributed by atoms with E-state index in [2.05, 4.69) is 10.3 Å². The van der Waals surface area contributed by atoms with Crippen molar-refractivity contribution in [3.05, 3.63) is 65.9 Å². The Kier molecular flexibility index (Phi) is 6.16. The number of carbonyl (C=O) groups is 1. The van der Waals surface area contributed by atoms with Crippen LogP contribution in [0.5, 0.6) is 0 Å². The highest BCUT2D eigenvalue weighted by Gasteiger charge is 2.20. The van der Waals surface area contributed by atoms with Crippen LogP contribution >= 0.6 is 0 Å². The van der Waals surface area contributed by atoms with Crippen molar-refractivity contribution in [3.8, 4) is 11.1 Å². The molecule has 3 rings (SSSR count). The van der Waals surface area contributed by atoms with Crippen LogP contribution in [0.25, 0.3) is 11.1 Å². The number of aldehydes is 1. The van der Waals surface area contributed by atoms with Gasteiger partial charge in [-0.2, -0.15) is 0 Å². The molecule has 0 aliphatic carbocycles. The molecule has 6 heteroatoms. The van der Waals surface area contributed by atoms with Crippen LogP contribution in [-0.2, 0) is 0 Å². The summed E-state index contributed by atoms with van der Waals surface area (Å²) < 4.78 is 0. The largest absolute Gasteiger partial charge is 0.399 e. The van der Waals surface area contributed by atoms with Crippen LogP contribution in [0.15, 0.2) is 54.6 Å². The number of benzene rings is 2. The summed E-state index contributed by atoms with van der Waals surface area (Å²) in [5, 5.41) is 12.1. The topological polar surface area (TPSA) is 95.1 Å². The molecule has 0 unspecified atom stereocenters. The van der Waals surface area contributed by atoms with E-state index in [4.69, 9.17) is 11.1 Å². The van der Waals surface area contributed by atoms with E-state index in [-0.39, 0.29) is 5.92 Å². The first-order chi connectivity index (χ1) is 14.3. The Morgan fingerprint density at radius 2 is 1.83 bits per heavy atom. The fourth-order valence-electron chi connectivity index (χ4n) is 3.17. The van der Waals surface area contributed by atoms with Crippen molar-refractivity contribution in [2.45, 2.75) is 13.8 Å². The van der Waals surface area contributed by atoms with Gasteiger partial charge in [-0.3, -0.25) is 4.79 Å². The summed E-state index contributed by atoms with van der Waals surface area (Å²) in [6.07, 6.45) is 0.727. The van der Waals surface area contributed by atoms with Crippen molar-refractivity contribution in [3.63, 3.8) is 0 Å². The van der Waals surface area contributed by atoms with Crippen LogP contribution in [0, 0.1) is 11.3 Å². The van der Waals surface area contributed by atoms with Crippen molar-refractivity contribution in [2.24, 2.45) is 5.92 Å². The lowest BCUT2D eigenvalue weighted by Crippen LogP contribution is -2.15. The van der Waals surface area contributed by atoms with Crippen LogP contribution in [0.1, 0.15) is 29.9 Å². The zero-order valence-corrected chi connectivity index (χ0v) is 17.7. The van der Waals surface area contributed by atoms with Crippen LogP contribution in [0.4, 0.5) is 22.9 Å². The highest BCUT2D eigenvalue weighted by atomic mass is 16.1. The summed E-state index contributed by atoms with van der Waals surface area (Å²) in [4.78, 5) is 18.2. The number of nitrogens with zero attached hydrogens (tertiary/aromatic N) is 2. The molecule has 0 atom stereocenters. The van der Waals surface area contributed by atoms with E-state index in [1.165, 1.54) is 0 Å². The van der Waals surface area contributed by atoms with Crippen LogP contribution in [0.2, 0.25) is 0 Å². The number of pyridine rings is 1. The van der Waals surface area contributed by atoms with Gasteiger partial charge in [-0.05, 0) is 53.4 Å². The van der Waals surface area contributed by atoms with Gasteiger partial charge in [0.25, 0.3) is 0 Å². The van der Waals surface area contributed by atoms with Gasteiger partial charge in [0.2, 0.25) is 0 Å². The van der Waals surface area contributed by atoms with Crippen molar-refractivity contribution >= 4 is 34.9 Å². The molecule has 0 amide bonds. The quantitative estimate of drug-likeness (QED) is 0.295. The average Bonchev–Trinajstić information content (AvgIpc) is 2.73. The van der Waals surface area contributed by atoms with Crippen LogP contribution in [0.3, 0.4) is 0 Å². The second-order valence-electron chi connectivity index (χ2n) is 7.70. The molecular weight excluding hydrogens is 374 g/mol. The SMILES string of the molecule is CC(C)C(=N)c1c(-c2ccc(N)cc2)cc(C=O)nc1Nc1cccc(N(C)C)c1. The minimum atomic E-state index is -0.0185. The molecule has 1 heterocycles. The number of hydrogen-bond acceptors (Lipinski definition) is 6. The Labute approximate surface area is 177 Å². The second-order valence-corrected chi connectivity index (χ2v) is 7.70. The molecule has 154 valence electrons. The first-order valence-corrected chi connectivity index (χ1v) is 9.79. The van der Waals surface area contributed by atoms with Gasteiger partial charge in [0.15, 0.2) is 6.29 Å². The lowest BCUT2D eigenvalue weighted by Gasteiger charge is -2.20. The monoisotopic (exact) mass is 401 g/mol. The third kappa shape index (κ3) is 4.49. The number of hydrogen-bond donors (Lipinski definition) is 3. The lowest BCUT2D eigenvalue weighted by atomic mass is 9.91. The van der Waals surface area contributed by atoms with Crippen molar-refractivity contribution in [2.75, 3.05) is 30.0 Å². The van der Waals surface area contributed by atoms with E-state index >= 15 is 0 Å². The average molecular weight is 402 g/mol. The number of aromatic nitrogens is 1. The molecule has 3 aromatic rings. The Morgan fingerprint density at radius 3 is 2.43 bits per heavy atom. The van der Waals surface area contributed by atoms with Crippen molar-refractivity contribution in [1.29, 1.82) is 5.41 Å². The molecule has 0 saturated heterocycles. The molecule has 2 aromatic carbocycles. The number of carbonyl (C=O) groups excluding carboxylic acids is 1. The first kappa shape index (κ1) is 21.0. The lowest BCUT2D eigenvalue weighted by molar-refractivity contribution is 0.111. The number of nitrogens with two attached hydrogens (primary N) is 1. The molecule has 1 aromatic heterocycles. The zero-order valence-electron chi connectivity index (χ0n) is 17.7. The predicted octanol–water partition coefficient (Wildman–Crippen LogP) is 4.98. The molecule has 0 saturated carbocycles. The van der Waals surface area contributed by atoms with E-state index in [0.717, 1.165) is 28.8 Å². The van der Waals surface area contributed by atoms with Gasteiger partial charge in [0.1, 0.15) is 11.5 Å². The van der Waals surface area contributed by atoms with E-state index in [0.29, 0.717) is 28.5 Å². The minimum absolute atomic E-state index is 0.0185. The summed E-state index contributed by atoms with van der Waals surface area (Å²) >= 11 is 0. The Bertz CT molecular complexity index is 1070. The highest BCUT2D eigenvalue weighted by Crippen LogP contribution is 2.33. The third-order valence-electron chi connectivity index (χ3n) is 4.85. The molecule has 0 aliphatic rings. The summed E-state index contributed by atoms with van der Waals surface area (Å²) in [6.45, 7) is 3.94. The number of anilines is 4. The molecule has 0 bridgehead atoms. The van der Waals surface area contributed by atoms with Gasteiger partial charge < -0.3 is 21.4 Å². The molecule has 0 aliphatic heterocycles. The number of rotatable bonds is 7. The minimum Gasteiger partial charge on any atom is -0.399 e. The summed E-state index contributed by atoms with van der Waals surface area (Å²) in [6, 6.07) is 17.0. The number of nitrogens with one attached hydrogen (secondary N) is 2. The maximum atomic E-state index is 11.6. The van der Waals surface area contributed by atoms with Gasteiger partial charge >= 0.3 is 0 Å². The van der Waals surface area contributed by atoms with Crippen molar-refractivity contribution < 1.29 is 4.79 Å². The predicted molar refractivity (Wildman–Crippen MR) is 125 cm³/mol. The van der Waals surface area contributed by atoms with E-state index in [1.807, 2.05) is 81.4 Å². The third-order valence-corrected chi connectivity index (χ3v) is 4.85. The van der Waals surface area contributed by atoms with Gasteiger partial charge in [-0.25, -0.2) is 4.98 Å². The molecule has 0 spiro atoms. The second kappa shape index (κ2) is 8.78. The number of nitrogen functional groups attached to an aromatic ring is 1. The fourth-order valence-corrected chi connectivity index (χ4v) is 3.17. The summed E-state index contributed by atoms with van der Waals surface area (Å²) in [5.74, 6) is 0.469. The maximum absolute atomic E-state index is 11.6. The normalized spacial score (nSPS) is 10.7. The summed E-state index contributed by atoms with van der Waals surface area (Å²) in [5.41, 5.74) is 11.4. The molecule has 30 heavy (non-hydrogen) atoms. The van der Waals surface area contributed by atoms with Gasteiger partial charge in [0, 0.05) is 42.4 Å². The van der Waals surface area contributed by atoms with E-state index < -0.39 is 0 Å². The van der Waals surface area contributed by atoms with Crippen molar-refractivity contribution in [1.82, 2.24) is 4.98 Å². The highest BCUT2D eigenvalue weighted by molar-refractivity contribution is 6.10. The van der Waals surface area contributed by atoms with Crippen LogP contribution < -0.4 is 16.0 Å². The van der Waals surface area contributed by atoms with Gasteiger partial charge in [-0.15, -0.1) is 0 Å². The van der Waals surface area contributed by atoms with Crippen LogP contribution in [-0.4, -0.2) is 31.1 Å². The maximum Gasteiger partial charge on any atom is 0.168 e. The Hall–Kier alpha value is -3.67. The fraction of sp³-hybridized carbons (Fsp3) is 0.208. The Morgan fingerprint density at radius 1 is 1.13 bits per heavy atom. The zero-order chi connectivity index (χ0) is 21.8. The standard InChI is InChI=1S/C24H27N5O/c1-15(2)23(26)22-21(16-8-10-17(25)11-9-16)13-19(14-30)28-24(22)27-18-6-5-7-20(12-18)29(3)4/h5-15,26H,25H2,1-4H3,(H,27,28). The molecule has 6 nitrogen and oxygen atoms in total.